The number of hydrogen-bond donors (Lipinski definition) is 4. The molecule has 8 nitrogen and oxygen atoms in total. The molecule has 11 heteroatoms. The summed E-state index contributed by atoms with van der Waals surface area (Å²) in [6.45, 7) is 4.84. The lowest BCUT2D eigenvalue weighted by molar-refractivity contribution is 0.112. The summed E-state index contributed by atoms with van der Waals surface area (Å²) in [5, 5.41) is 30.4. The van der Waals surface area contributed by atoms with E-state index < -0.39 is 23.5 Å². The lowest BCUT2D eigenvalue weighted by Gasteiger charge is -2.36. The van der Waals surface area contributed by atoms with Crippen LogP contribution in [0.4, 0.5) is 14.5 Å². The Morgan fingerprint density at radius 1 is 1.35 bits per heavy atom. The number of benzene rings is 1. The highest BCUT2D eigenvalue weighted by Crippen LogP contribution is 2.31. The van der Waals surface area contributed by atoms with Crippen LogP contribution in [0.2, 0.25) is 0 Å². The fourth-order valence-electron chi connectivity index (χ4n) is 3.51. The summed E-state index contributed by atoms with van der Waals surface area (Å²) >= 11 is 0. The van der Waals surface area contributed by atoms with E-state index >= 15 is 0 Å². The third-order valence-electron chi connectivity index (χ3n) is 5.64. The van der Waals surface area contributed by atoms with E-state index in [9.17, 15) is 17.8 Å². The molecule has 0 amide bonds. The molecule has 0 bridgehead atoms. The van der Waals surface area contributed by atoms with Crippen molar-refractivity contribution in [2.24, 2.45) is 5.92 Å². The third kappa shape index (κ3) is 9.72. The minimum Gasteiger partial charge on any atom is -0.380 e. The number of carbonyl (C=O) groups is 1. The van der Waals surface area contributed by atoms with Gasteiger partial charge in [-0.3, -0.25) is 19.4 Å². The van der Waals surface area contributed by atoms with Crippen molar-refractivity contribution in [3.05, 3.63) is 59.2 Å². The number of aldehydes is 1. The Balaban J connectivity index is 0.000000437. The van der Waals surface area contributed by atoms with Gasteiger partial charge < -0.3 is 15.7 Å². The van der Waals surface area contributed by atoms with Crippen LogP contribution in [-0.4, -0.2) is 63.3 Å². The summed E-state index contributed by atoms with van der Waals surface area (Å²) in [6.07, 6.45) is 3.51. The van der Waals surface area contributed by atoms with Crippen LogP contribution in [0, 0.1) is 28.5 Å². The van der Waals surface area contributed by atoms with Gasteiger partial charge in [-0.25, -0.2) is 8.78 Å². The number of alkyl halides is 1. The predicted octanol–water partition coefficient (Wildman–Crippen LogP) is 3.82. The number of anilines is 1. The van der Waals surface area contributed by atoms with Gasteiger partial charge >= 0.3 is 0 Å². The highest BCUT2D eigenvalue weighted by atomic mass is 32.2. The standard InChI is InChI=1S/C18H15FN4O.C5H11NOS.C2H6.CH3FO/c19-14-3-1-2-13(7-14)17(21)18-16(6-12(10-24)9-22-18)23-15-4-11(5-15)8-20;1-5(6-2)3-8(7)4-5;1-2;2-1-3/h1-3,6-7,9-11,15,21,23H,4-5H2;6H,3-4H2,1-2H3;1-2H3;3H,1H2. The molecule has 0 atom stereocenters. The largest absolute Gasteiger partial charge is 0.380 e. The van der Waals surface area contributed by atoms with Gasteiger partial charge in [0.2, 0.25) is 0 Å². The zero-order valence-electron chi connectivity index (χ0n) is 21.6. The Morgan fingerprint density at radius 3 is 2.43 bits per heavy atom. The van der Waals surface area contributed by atoms with Crippen LogP contribution in [0.5, 0.6) is 0 Å². The van der Waals surface area contributed by atoms with E-state index in [-0.39, 0.29) is 23.2 Å². The molecule has 4 N–H and O–H groups in total. The average molecular weight is 536 g/mol. The fourth-order valence-corrected chi connectivity index (χ4v) is 5.13. The number of nitriles is 1. The average Bonchev–Trinajstić information content (AvgIpc) is 2.86. The van der Waals surface area contributed by atoms with Crippen molar-refractivity contribution < 1.29 is 22.9 Å². The number of hydrogen-bond acceptors (Lipinski definition) is 8. The molecule has 4 rings (SSSR count). The van der Waals surface area contributed by atoms with E-state index in [0.29, 0.717) is 41.6 Å². The first-order valence-electron chi connectivity index (χ1n) is 11.9. The Bertz CT molecular complexity index is 1100. The monoisotopic (exact) mass is 535 g/mol. The number of halogens is 2. The fraction of sp³-hybridized carbons (Fsp3) is 0.462. The normalized spacial score (nSPS) is 22.9. The first-order chi connectivity index (χ1) is 17.7. The number of rotatable bonds is 6. The molecular formula is C26H35F2N5O3S. The van der Waals surface area contributed by atoms with Crippen molar-refractivity contribution in [3.63, 3.8) is 0 Å². The van der Waals surface area contributed by atoms with E-state index in [0.717, 1.165) is 11.5 Å². The Morgan fingerprint density at radius 2 is 1.97 bits per heavy atom. The number of aromatic nitrogens is 1. The number of aliphatic hydroxyl groups is 1. The van der Waals surface area contributed by atoms with Gasteiger partial charge in [-0.05, 0) is 45.0 Å². The zero-order valence-corrected chi connectivity index (χ0v) is 22.4. The molecule has 1 aliphatic heterocycles. The van der Waals surface area contributed by atoms with Gasteiger partial charge in [0.1, 0.15) is 11.5 Å². The van der Waals surface area contributed by atoms with Gasteiger partial charge in [-0.1, -0.05) is 26.0 Å². The van der Waals surface area contributed by atoms with Crippen LogP contribution in [-0.2, 0) is 10.8 Å². The third-order valence-corrected chi connectivity index (χ3v) is 7.56. The first kappa shape index (κ1) is 32.0. The quantitative estimate of drug-likeness (QED) is 0.326. The number of aliphatic hydroxyl groups excluding tert-OH is 1. The second kappa shape index (κ2) is 15.9. The van der Waals surface area contributed by atoms with Crippen LogP contribution < -0.4 is 10.6 Å². The number of nitrogens with one attached hydrogen (secondary N) is 3. The van der Waals surface area contributed by atoms with E-state index in [2.05, 4.69) is 28.6 Å². The summed E-state index contributed by atoms with van der Waals surface area (Å²) in [5.41, 5.74) is 1.97. The van der Waals surface area contributed by atoms with E-state index in [4.69, 9.17) is 15.8 Å². The molecule has 2 heterocycles. The molecule has 37 heavy (non-hydrogen) atoms. The summed E-state index contributed by atoms with van der Waals surface area (Å²) in [7, 11) is 1.39. The van der Waals surface area contributed by atoms with Gasteiger partial charge in [-0.2, -0.15) is 5.26 Å². The summed E-state index contributed by atoms with van der Waals surface area (Å²) in [5.74, 6) is 1.26. The molecule has 0 spiro atoms. The molecule has 2 aliphatic rings. The lowest BCUT2D eigenvalue weighted by atomic mass is 9.81. The van der Waals surface area contributed by atoms with Crippen molar-refractivity contribution in [1.29, 1.82) is 10.7 Å². The molecule has 2 aromatic rings. The van der Waals surface area contributed by atoms with Crippen molar-refractivity contribution in [1.82, 2.24) is 10.3 Å². The van der Waals surface area contributed by atoms with Gasteiger partial charge in [0.05, 0.1) is 23.4 Å². The molecule has 1 aromatic heterocycles. The first-order valence-corrected chi connectivity index (χ1v) is 13.3. The van der Waals surface area contributed by atoms with Crippen molar-refractivity contribution in [2.75, 3.05) is 30.7 Å². The summed E-state index contributed by atoms with van der Waals surface area (Å²) < 4.78 is 33.8. The van der Waals surface area contributed by atoms with E-state index in [1.807, 2.05) is 20.9 Å². The second-order valence-corrected chi connectivity index (χ2v) is 9.92. The summed E-state index contributed by atoms with van der Waals surface area (Å²) in [4.78, 5) is 15.2. The molecule has 0 unspecified atom stereocenters. The van der Waals surface area contributed by atoms with Gasteiger partial charge in [-0.15, -0.1) is 0 Å². The molecule has 1 saturated heterocycles. The maximum atomic E-state index is 13.4. The second-order valence-electron chi connectivity index (χ2n) is 8.47. The van der Waals surface area contributed by atoms with Crippen molar-refractivity contribution in [3.8, 4) is 6.07 Å². The smallest absolute Gasteiger partial charge is 0.185 e. The maximum Gasteiger partial charge on any atom is 0.185 e. The summed E-state index contributed by atoms with van der Waals surface area (Å²) in [6, 6.07) is 9.71. The Hall–Kier alpha value is -3.07. The highest BCUT2D eigenvalue weighted by Gasteiger charge is 2.36. The molecular weight excluding hydrogens is 500 g/mol. The van der Waals surface area contributed by atoms with Crippen LogP contribution >= 0.6 is 0 Å². The van der Waals surface area contributed by atoms with E-state index in [1.54, 1.807) is 12.1 Å². The zero-order chi connectivity index (χ0) is 28.0. The lowest BCUT2D eigenvalue weighted by Crippen LogP contribution is -2.58. The minimum atomic E-state index is -1.25. The molecule has 0 radical (unpaired) electrons. The van der Waals surface area contributed by atoms with Crippen LogP contribution in [0.15, 0.2) is 36.5 Å². The van der Waals surface area contributed by atoms with Crippen molar-refractivity contribution in [2.45, 2.75) is 45.2 Å². The van der Waals surface area contributed by atoms with Gasteiger partial charge in [0.15, 0.2) is 13.1 Å². The van der Waals surface area contributed by atoms with Crippen LogP contribution in [0.25, 0.3) is 0 Å². The van der Waals surface area contributed by atoms with Gasteiger partial charge in [0, 0.05) is 51.2 Å². The molecule has 1 saturated carbocycles. The molecule has 1 aliphatic carbocycles. The van der Waals surface area contributed by atoms with Crippen molar-refractivity contribution >= 4 is 28.5 Å². The molecule has 202 valence electrons. The van der Waals surface area contributed by atoms with E-state index in [1.165, 1.54) is 24.4 Å². The molecule has 1 aromatic carbocycles. The number of pyridine rings is 1. The topological polar surface area (TPSA) is 139 Å². The maximum absolute atomic E-state index is 13.4. The Kier molecular flexibility index (Phi) is 13.7. The minimum absolute atomic E-state index is 0.0378. The Labute approximate surface area is 219 Å². The number of nitrogens with zero attached hydrogens (tertiary/aromatic N) is 2. The van der Waals surface area contributed by atoms with Gasteiger partial charge in [0.25, 0.3) is 0 Å². The predicted molar refractivity (Wildman–Crippen MR) is 143 cm³/mol. The highest BCUT2D eigenvalue weighted by molar-refractivity contribution is 7.86. The number of carbonyl (C=O) groups excluding carboxylic acids is 1. The van der Waals surface area contributed by atoms with Crippen LogP contribution in [0.1, 0.15) is 55.2 Å². The SMILES string of the molecule is CC.CNC1(C)CS(=O)C1.N#CC1CC(Nc2cc(C=O)cnc2C(=N)c2cccc(F)c2)C1.OCF. The molecule has 2 fully saturated rings. The van der Waals surface area contributed by atoms with Crippen LogP contribution in [0.3, 0.4) is 0 Å².